The van der Waals surface area contributed by atoms with E-state index in [0.29, 0.717) is 29.0 Å². The fourth-order valence-corrected chi connectivity index (χ4v) is 3.24. The van der Waals surface area contributed by atoms with Crippen LogP contribution in [0.5, 0.6) is 5.75 Å². The highest BCUT2D eigenvalue weighted by molar-refractivity contribution is 6.09. The Morgan fingerprint density at radius 3 is 2.38 bits per heavy atom. The molecule has 0 aliphatic heterocycles. The van der Waals surface area contributed by atoms with Crippen molar-refractivity contribution >= 4 is 17.5 Å². The summed E-state index contributed by atoms with van der Waals surface area (Å²) in [4.78, 5) is 28.6. The minimum atomic E-state index is -0.579. The first-order valence-corrected chi connectivity index (χ1v) is 9.20. The predicted octanol–water partition coefficient (Wildman–Crippen LogP) is 3.94. The number of primary amides is 1. The zero-order valence-electron chi connectivity index (χ0n) is 16.7. The van der Waals surface area contributed by atoms with Gasteiger partial charge >= 0.3 is 0 Å². The van der Waals surface area contributed by atoms with Gasteiger partial charge in [-0.3, -0.25) is 14.6 Å². The summed E-state index contributed by atoms with van der Waals surface area (Å²) in [5.41, 5.74) is 10.0. The SMILES string of the molecule is Cc1cc(C(=O)Nc2cccc(C)c2C(N)=O)cc(C)c1OCc1cccnc1. The van der Waals surface area contributed by atoms with Crippen LogP contribution in [0.2, 0.25) is 0 Å². The van der Waals surface area contributed by atoms with Gasteiger partial charge in [-0.1, -0.05) is 18.2 Å². The third-order valence-corrected chi connectivity index (χ3v) is 4.60. The largest absolute Gasteiger partial charge is 0.488 e. The summed E-state index contributed by atoms with van der Waals surface area (Å²) in [6.45, 7) is 5.96. The Labute approximate surface area is 169 Å². The van der Waals surface area contributed by atoms with Crippen LogP contribution in [0.3, 0.4) is 0 Å². The minimum Gasteiger partial charge on any atom is -0.488 e. The van der Waals surface area contributed by atoms with Gasteiger partial charge in [0, 0.05) is 23.5 Å². The molecule has 0 aliphatic carbocycles. The summed E-state index contributed by atoms with van der Waals surface area (Å²) in [6.07, 6.45) is 3.47. The number of ether oxygens (including phenoxy) is 1. The number of amides is 2. The molecule has 1 heterocycles. The van der Waals surface area contributed by atoms with Crippen LogP contribution < -0.4 is 15.8 Å². The lowest BCUT2D eigenvalue weighted by Crippen LogP contribution is -2.19. The van der Waals surface area contributed by atoms with E-state index < -0.39 is 5.91 Å². The summed E-state index contributed by atoms with van der Waals surface area (Å²) in [5, 5.41) is 2.79. The van der Waals surface area contributed by atoms with Gasteiger partial charge in [0.2, 0.25) is 0 Å². The topological polar surface area (TPSA) is 94.3 Å². The van der Waals surface area contributed by atoms with Crippen molar-refractivity contribution in [3.05, 3.63) is 88.2 Å². The second-order valence-corrected chi connectivity index (χ2v) is 6.90. The van der Waals surface area contributed by atoms with E-state index in [1.165, 1.54) is 0 Å². The highest BCUT2D eigenvalue weighted by Crippen LogP contribution is 2.27. The Bertz CT molecular complexity index is 1040. The molecule has 0 fully saturated rings. The average molecular weight is 389 g/mol. The number of aryl methyl sites for hydroxylation is 3. The van der Waals surface area contributed by atoms with Crippen LogP contribution in [0.1, 0.15) is 43.0 Å². The molecule has 6 heteroatoms. The van der Waals surface area contributed by atoms with Crippen LogP contribution in [0.15, 0.2) is 54.9 Å². The molecule has 1 aromatic heterocycles. The molecule has 0 bridgehead atoms. The van der Waals surface area contributed by atoms with Crippen molar-refractivity contribution in [1.82, 2.24) is 4.98 Å². The number of rotatable bonds is 6. The fraction of sp³-hybridized carbons (Fsp3) is 0.174. The van der Waals surface area contributed by atoms with Crippen molar-refractivity contribution in [2.24, 2.45) is 5.73 Å². The maximum absolute atomic E-state index is 12.8. The molecule has 148 valence electrons. The van der Waals surface area contributed by atoms with Gasteiger partial charge < -0.3 is 15.8 Å². The zero-order valence-corrected chi connectivity index (χ0v) is 16.7. The zero-order chi connectivity index (χ0) is 21.0. The number of hydrogen-bond acceptors (Lipinski definition) is 4. The Kier molecular flexibility index (Phi) is 5.93. The number of carbonyl (C=O) groups excluding carboxylic acids is 2. The quantitative estimate of drug-likeness (QED) is 0.668. The Balaban J connectivity index is 1.81. The van der Waals surface area contributed by atoms with Crippen molar-refractivity contribution in [2.45, 2.75) is 27.4 Å². The smallest absolute Gasteiger partial charge is 0.255 e. The van der Waals surface area contributed by atoms with E-state index in [4.69, 9.17) is 10.5 Å². The molecule has 0 saturated carbocycles. The Morgan fingerprint density at radius 1 is 1.03 bits per heavy atom. The number of carbonyl (C=O) groups is 2. The van der Waals surface area contributed by atoms with E-state index in [2.05, 4.69) is 10.3 Å². The third kappa shape index (κ3) is 4.60. The number of nitrogens with two attached hydrogens (primary N) is 1. The molecule has 0 spiro atoms. The van der Waals surface area contributed by atoms with Crippen LogP contribution in [-0.2, 0) is 6.61 Å². The molecule has 6 nitrogen and oxygen atoms in total. The van der Waals surface area contributed by atoms with Crippen LogP contribution in [-0.4, -0.2) is 16.8 Å². The highest BCUT2D eigenvalue weighted by atomic mass is 16.5. The van der Waals surface area contributed by atoms with Crippen LogP contribution in [0.4, 0.5) is 5.69 Å². The summed E-state index contributed by atoms with van der Waals surface area (Å²) in [6, 6.07) is 12.5. The van der Waals surface area contributed by atoms with E-state index in [0.717, 1.165) is 22.4 Å². The lowest BCUT2D eigenvalue weighted by atomic mass is 10.0. The summed E-state index contributed by atoms with van der Waals surface area (Å²) in [7, 11) is 0. The van der Waals surface area contributed by atoms with Gasteiger partial charge in [0.05, 0.1) is 11.3 Å². The predicted molar refractivity (Wildman–Crippen MR) is 112 cm³/mol. The van der Waals surface area contributed by atoms with Gasteiger partial charge in [0.25, 0.3) is 11.8 Å². The van der Waals surface area contributed by atoms with Crippen molar-refractivity contribution in [2.75, 3.05) is 5.32 Å². The molecule has 0 unspecified atom stereocenters. The van der Waals surface area contributed by atoms with E-state index in [9.17, 15) is 9.59 Å². The maximum atomic E-state index is 12.8. The summed E-state index contributed by atoms with van der Waals surface area (Å²) < 4.78 is 5.94. The Hall–Kier alpha value is -3.67. The number of pyridine rings is 1. The molecular formula is C23H23N3O3. The van der Waals surface area contributed by atoms with E-state index in [1.54, 1.807) is 49.6 Å². The minimum absolute atomic E-state index is 0.311. The first kappa shape index (κ1) is 20.1. The van der Waals surface area contributed by atoms with Crippen molar-refractivity contribution in [1.29, 1.82) is 0 Å². The monoisotopic (exact) mass is 389 g/mol. The number of nitrogens with zero attached hydrogens (tertiary/aromatic N) is 1. The second-order valence-electron chi connectivity index (χ2n) is 6.90. The van der Waals surface area contributed by atoms with Crippen LogP contribution >= 0.6 is 0 Å². The van der Waals surface area contributed by atoms with Crippen LogP contribution in [0, 0.1) is 20.8 Å². The highest BCUT2D eigenvalue weighted by Gasteiger charge is 2.16. The normalized spacial score (nSPS) is 10.4. The molecule has 2 amide bonds. The molecule has 0 atom stereocenters. The molecule has 0 aliphatic rings. The van der Waals surface area contributed by atoms with Crippen molar-refractivity contribution in [3.63, 3.8) is 0 Å². The molecular weight excluding hydrogens is 366 g/mol. The van der Waals surface area contributed by atoms with Gasteiger partial charge in [-0.05, 0) is 61.7 Å². The number of hydrogen-bond donors (Lipinski definition) is 2. The lowest BCUT2D eigenvalue weighted by molar-refractivity contribution is 0.100. The van der Waals surface area contributed by atoms with Gasteiger partial charge in [-0.15, -0.1) is 0 Å². The second kappa shape index (κ2) is 8.56. The average Bonchev–Trinajstić information content (AvgIpc) is 2.67. The number of nitrogens with one attached hydrogen (secondary N) is 1. The first-order valence-electron chi connectivity index (χ1n) is 9.20. The number of anilines is 1. The van der Waals surface area contributed by atoms with E-state index in [1.807, 2.05) is 26.0 Å². The molecule has 2 aromatic carbocycles. The molecule has 29 heavy (non-hydrogen) atoms. The molecule has 3 rings (SSSR count). The molecule has 0 saturated heterocycles. The van der Waals surface area contributed by atoms with Gasteiger partial charge in [-0.25, -0.2) is 0 Å². The molecule has 3 N–H and O–H groups in total. The summed E-state index contributed by atoms with van der Waals surface area (Å²) in [5.74, 6) is -0.160. The first-order chi connectivity index (χ1) is 13.9. The van der Waals surface area contributed by atoms with E-state index in [-0.39, 0.29) is 5.91 Å². The van der Waals surface area contributed by atoms with Gasteiger partial charge in [-0.2, -0.15) is 0 Å². The van der Waals surface area contributed by atoms with Crippen molar-refractivity contribution < 1.29 is 14.3 Å². The van der Waals surface area contributed by atoms with Crippen LogP contribution in [0.25, 0.3) is 0 Å². The Morgan fingerprint density at radius 2 is 1.76 bits per heavy atom. The maximum Gasteiger partial charge on any atom is 0.255 e. The standard InChI is InChI=1S/C23H23N3O3/c1-14-6-4-8-19(20(14)22(24)27)26-23(28)18-10-15(2)21(16(3)11-18)29-13-17-7-5-9-25-12-17/h4-12H,13H2,1-3H3,(H2,24,27)(H,26,28). The number of benzene rings is 2. The lowest BCUT2D eigenvalue weighted by Gasteiger charge is -2.15. The van der Waals surface area contributed by atoms with Gasteiger partial charge in [0.15, 0.2) is 0 Å². The number of aromatic nitrogens is 1. The van der Waals surface area contributed by atoms with Gasteiger partial charge in [0.1, 0.15) is 12.4 Å². The van der Waals surface area contributed by atoms with E-state index >= 15 is 0 Å². The molecule has 3 aromatic rings. The third-order valence-electron chi connectivity index (χ3n) is 4.60. The molecule has 0 radical (unpaired) electrons. The van der Waals surface area contributed by atoms with Crippen molar-refractivity contribution in [3.8, 4) is 5.75 Å². The fourth-order valence-electron chi connectivity index (χ4n) is 3.24. The summed E-state index contributed by atoms with van der Waals surface area (Å²) >= 11 is 0.